The van der Waals surface area contributed by atoms with E-state index in [1.54, 1.807) is 0 Å². The minimum absolute atomic E-state index is 0.154. The number of fused-ring (bicyclic) bond motifs is 1. The van der Waals surface area contributed by atoms with Gasteiger partial charge in [0.2, 0.25) is 0 Å². The van der Waals surface area contributed by atoms with Crippen LogP contribution in [0, 0.1) is 0 Å². The molecule has 1 atom stereocenters. The highest BCUT2D eigenvalue weighted by Crippen LogP contribution is 2.25. The van der Waals surface area contributed by atoms with E-state index in [9.17, 15) is 0 Å². The summed E-state index contributed by atoms with van der Waals surface area (Å²) in [5.41, 5.74) is 3.26. The van der Waals surface area contributed by atoms with E-state index in [2.05, 4.69) is 27.0 Å². The largest absolute Gasteiger partial charge is 0.329 e. The first-order valence-electron chi connectivity index (χ1n) is 6.61. The van der Waals surface area contributed by atoms with E-state index in [1.807, 2.05) is 49.8 Å². The van der Waals surface area contributed by atoms with Gasteiger partial charge in [-0.15, -0.1) is 0 Å². The van der Waals surface area contributed by atoms with Crippen LogP contribution in [0.2, 0.25) is 5.02 Å². The Balaban J connectivity index is 1.94. The van der Waals surface area contributed by atoms with Gasteiger partial charge in [-0.2, -0.15) is 0 Å². The first-order valence-corrected chi connectivity index (χ1v) is 6.99. The lowest BCUT2D eigenvalue weighted by Gasteiger charge is -2.19. The van der Waals surface area contributed by atoms with E-state index >= 15 is 0 Å². The molecule has 0 aliphatic rings. The van der Waals surface area contributed by atoms with Crippen LogP contribution < -0.4 is 5.32 Å². The van der Waals surface area contributed by atoms with Crippen LogP contribution >= 0.6 is 11.6 Å². The maximum absolute atomic E-state index is 6.29. The van der Waals surface area contributed by atoms with Crippen LogP contribution in [-0.2, 0) is 6.54 Å². The summed E-state index contributed by atoms with van der Waals surface area (Å²) < 4.78 is 2.15. The molecule has 3 aromatic rings. The van der Waals surface area contributed by atoms with Crippen molar-refractivity contribution in [2.75, 3.05) is 7.05 Å². The van der Waals surface area contributed by atoms with Gasteiger partial charge in [0.1, 0.15) is 0 Å². The Morgan fingerprint density at radius 2 is 1.90 bits per heavy atom. The van der Waals surface area contributed by atoms with E-state index in [1.165, 1.54) is 0 Å². The molecule has 0 saturated carbocycles. The van der Waals surface area contributed by atoms with Crippen molar-refractivity contribution in [3.63, 3.8) is 0 Å². The van der Waals surface area contributed by atoms with Crippen LogP contribution in [0.3, 0.4) is 0 Å². The molecule has 1 unspecified atom stereocenters. The van der Waals surface area contributed by atoms with Crippen LogP contribution in [0.5, 0.6) is 0 Å². The van der Waals surface area contributed by atoms with Crippen LogP contribution in [0.25, 0.3) is 11.0 Å². The fraction of sp³-hybridized carbons (Fsp3) is 0.188. The summed E-state index contributed by atoms with van der Waals surface area (Å²) in [6.07, 6.45) is 1.88. The number of imidazole rings is 1. The molecule has 0 amide bonds. The summed E-state index contributed by atoms with van der Waals surface area (Å²) in [4.78, 5) is 4.42. The minimum Gasteiger partial charge on any atom is -0.329 e. The van der Waals surface area contributed by atoms with E-state index in [4.69, 9.17) is 11.6 Å². The number of halogens is 1. The molecule has 3 rings (SSSR count). The molecular formula is C16H16ClN3. The summed E-state index contributed by atoms with van der Waals surface area (Å²) >= 11 is 6.29. The lowest BCUT2D eigenvalue weighted by Crippen LogP contribution is -2.22. The normalized spacial score (nSPS) is 12.7. The van der Waals surface area contributed by atoms with Gasteiger partial charge in [-0.05, 0) is 30.8 Å². The number of hydrogen-bond donors (Lipinski definition) is 1. The monoisotopic (exact) mass is 285 g/mol. The Kier molecular flexibility index (Phi) is 3.72. The molecule has 0 aliphatic heterocycles. The van der Waals surface area contributed by atoms with Crippen molar-refractivity contribution in [2.24, 2.45) is 0 Å². The van der Waals surface area contributed by atoms with Crippen molar-refractivity contribution in [1.29, 1.82) is 0 Å². The molecule has 1 heterocycles. The van der Waals surface area contributed by atoms with Crippen LogP contribution in [0.4, 0.5) is 0 Å². The lowest BCUT2D eigenvalue weighted by atomic mass is 10.1. The van der Waals surface area contributed by atoms with Gasteiger partial charge in [-0.3, -0.25) is 0 Å². The maximum Gasteiger partial charge on any atom is 0.0958 e. The second-order valence-electron chi connectivity index (χ2n) is 4.75. The predicted molar refractivity (Wildman–Crippen MR) is 83.0 cm³/mol. The third kappa shape index (κ3) is 2.42. The Morgan fingerprint density at radius 1 is 1.15 bits per heavy atom. The third-order valence-corrected chi connectivity index (χ3v) is 3.88. The SMILES string of the molecule is CNC(Cn1cnc2ccccc21)c1ccccc1Cl. The van der Waals surface area contributed by atoms with Gasteiger partial charge in [0.15, 0.2) is 0 Å². The highest BCUT2D eigenvalue weighted by molar-refractivity contribution is 6.31. The molecule has 4 heteroatoms. The third-order valence-electron chi connectivity index (χ3n) is 3.54. The Bertz CT molecular complexity index is 720. The smallest absolute Gasteiger partial charge is 0.0958 e. The molecule has 102 valence electrons. The Morgan fingerprint density at radius 3 is 2.70 bits per heavy atom. The van der Waals surface area contributed by atoms with Crippen LogP contribution in [-0.4, -0.2) is 16.6 Å². The molecule has 1 aromatic heterocycles. The molecule has 1 N–H and O–H groups in total. The molecule has 0 saturated heterocycles. The van der Waals surface area contributed by atoms with Crippen molar-refractivity contribution in [2.45, 2.75) is 12.6 Å². The summed E-state index contributed by atoms with van der Waals surface area (Å²) in [6, 6.07) is 16.2. The standard InChI is InChI=1S/C16H16ClN3/c1-18-15(12-6-2-3-7-13(12)17)10-20-11-19-14-8-4-5-9-16(14)20/h2-9,11,15,18H,10H2,1H3. The first-order chi connectivity index (χ1) is 9.79. The zero-order chi connectivity index (χ0) is 13.9. The van der Waals surface area contributed by atoms with Crippen molar-refractivity contribution in [3.8, 4) is 0 Å². The van der Waals surface area contributed by atoms with Gasteiger partial charge in [-0.25, -0.2) is 4.98 Å². The van der Waals surface area contributed by atoms with E-state index < -0.39 is 0 Å². The Hall–Kier alpha value is -1.84. The average Bonchev–Trinajstić information content (AvgIpc) is 2.89. The molecular weight excluding hydrogens is 270 g/mol. The Labute approximate surface area is 123 Å². The molecule has 0 bridgehead atoms. The van der Waals surface area contributed by atoms with E-state index in [0.29, 0.717) is 0 Å². The van der Waals surface area contributed by atoms with Gasteiger partial charge in [0.25, 0.3) is 0 Å². The molecule has 0 fully saturated rings. The van der Waals surface area contributed by atoms with E-state index in [0.717, 1.165) is 28.2 Å². The van der Waals surface area contributed by atoms with Gasteiger partial charge in [0.05, 0.1) is 23.4 Å². The van der Waals surface area contributed by atoms with Crippen molar-refractivity contribution in [1.82, 2.24) is 14.9 Å². The van der Waals surface area contributed by atoms with Crippen LogP contribution in [0.15, 0.2) is 54.9 Å². The summed E-state index contributed by atoms with van der Waals surface area (Å²) in [5, 5.41) is 4.12. The number of aromatic nitrogens is 2. The van der Waals surface area contributed by atoms with Crippen LogP contribution in [0.1, 0.15) is 11.6 Å². The maximum atomic E-state index is 6.29. The van der Waals surface area contributed by atoms with E-state index in [-0.39, 0.29) is 6.04 Å². The van der Waals surface area contributed by atoms with Crippen molar-refractivity contribution in [3.05, 3.63) is 65.4 Å². The summed E-state index contributed by atoms with van der Waals surface area (Å²) in [7, 11) is 1.95. The number of benzene rings is 2. The summed E-state index contributed by atoms with van der Waals surface area (Å²) in [6.45, 7) is 0.792. The summed E-state index contributed by atoms with van der Waals surface area (Å²) in [5.74, 6) is 0. The fourth-order valence-corrected chi connectivity index (χ4v) is 2.72. The quantitative estimate of drug-likeness (QED) is 0.793. The predicted octanol–water partition coefficient (Wildman–Crippen LogP) is 3.65. The zero-order valence-corrected chi connectivity index (χ0v) is 12.0. The molecule has 0 aliphatic carbocycles. The number of para-hydroxylation sites is 2. The number of hydrogen-bond acceptors (Lipinski definition) is 2. The second kappa shape index (κ2) is 5.65. The minimum atomic E-state index is 0.154. The number of likely N-dealkylation sites (N-methyl/N-ethyl adjacent to an activating group) is 1. The number of nitrogens with one attached hydrogen (secondary N) is 1. The molecule has 0 spiro atoms. The fourth-order valence-electron chi connectivity index (χ4n) is 2.46. The number of nitrogens with zero attached hydrogens (tertiary/aromatic N) is 2. The average molecular weight is 286 g/mol. The zero-order valence-electron chi connectivity index (χ0n) is 11.3. The van der Waals surface area contributed by atoms with Gasteiger partial charge in [-0.1, -0.05) is 41.9 Å². The molecule has 20 heavy (non-hydrogen) atoms. The molecule has 2 aromatic carbocycles. The van der Waals surface area contributed by atoms with Crippen molar-refractivity contribution < 1.29 is 0 Å². The highest BCUT2D eigenvalue weighted by Gasteiger charge is 2.14. The van der Waals surface area contributed by atoms with Crippen molar-refractivity contribution >= 4 is 22.6 Å². The lowest BCUT2D eigenvalue weighted by molar-refractivity contribution is 0.508. The van der Waals surface area contributed by atoms with Gasteiger partial charge >= 0.3 is 0 Å². The first kappa shape index (κ1) is 13.2. The molecule has 0 radical (unpaired) electrons. The number of rotatable bonds is 4. The van der Waals surface area contributed by atoms with Gasteiger partial charge in [0, 0.05) is 11.6 Å². The molecule has 3 nitrogen and oxygen atoms in total. The van der Waals surface area contributed by atoms with Gasteiger partial charge < -0.3 is 9.88 Å². The topological polar surface area (TPSA) is 29.9 Å². The highest BCUT2D eigenvalue weighted by atomic mass is 35.5. The second-order valence-corrected chi connectivity index (χ2v) is 5.16.